The van der Waals surface area contributed by atoms with Crippen LogP contribution in [0.4, 0.5) is 0 Å². The molecule has 0 aliphatic rings. The number of hydrogen-bond donors (Lipinski definition) is 0. The summed E-state index contributed by atoms with van der Waals surface area (Å²) in [4.78, 5) is 0. The quantitative estimate of drug-likeness (QED) is 0.653. The molecule has 0 aromatic carbocycles. The van der Waals surface area contributed by atoms with Crippen molar-refractivity contribution in [3.05, 3.63) is 0 Å². The molecule has 0 rings (SSSR count). The van der Waals surface area contributed by atoms with Crippen molar-refractivity contribution in [1.82, 2.24) is 0 Å². The van der Waals surface area contributed by atoms with E-state index in [2.05, 4.69) is 46.2 Å². The monoisotopic (exact) mass is 264 g/mol. The number of unbranched alkanes of at least 4 members (excludes halogenated alkanes) is 1. The zero-order valence-electron chi connectivity index (χ0n) is 11.5. The molecule has 0 amide bonds. The third-order valence-electron chi connectivity index (χ3n) is 1.76. The summed E-state index contributed by atoms with van der Waals surface area (Å²) in [6.07, 6.45) is 2.50. The molecule has 0 fully saturated rings. The van der Waals surface area contributed by atoms with E-state index >= 15 is 0 Å². The fourth-order valence-corrected chi connectivity index (χ4v) is 9.92. The molecule has 92 valence electrons. The first-order valence-electron chi connectivity index (χ1n) is 6.00. The Morgan fingerprint density at radius 3 is 1.53 bits per heavy atom. The summed E-state index contributed by atoms with van der Waals surface area (Å²) in [6, 6.07) is 1.19. The van der Waals surface area contributed by atoms with E-state index in [0.29, 0.717) is 0 Å². The van der Waals surface area contributed by atoms with Gasteiger partial charge in [-0.1, -0.05) is 19.8 Å². The number of hydrogen-bond acceptors (Lipinski definition) is 2. The fourth-order valence-electron chi connectivity index (χ4n) is 1.30. The minimum atomic E-state index is -1.41. The molecule has 0 saturated carbocycles. The first kappa shape index (κ1) is 15.6. The molecule has 15 heavy (non-hydrogen) atoms. The molecule has 0 unspecified atom stereocenters. The lowest BCUT2D eigenvalue weighted by molar-refractivity contribution is 0.414. The lowest BCUT2D eigenvalue weighted by Crippen LogP contribution is -2.43. The smallest absolute Gasteiger partial charge is 0.300 e. The fraction of sp³-hybridized carbons (Fsp3) is 1.00. The zero-order chi connectivity index (χ0) is 12.1. The summed E-state index contributed by atoms with van der Waals surface area (Å²) in [5.41, 5.74) is 0. The summed E-state index contributed by atoms with van der Waals surface area (Å²) < 4.78 is 12.4. The predicted molar refractivity (Wildman–Crippen MR) is 75.7 cm³/mol. The van der Waals surface area contributed by atoms with Crippen molar-refractivity contribution in [2.24, 2.45) is 0 Å². The molecule has 0 heterocycles. The van der Waals surface area contributed by atoms with E-state index in [1.54, 1.807) is 0 Å². The Hall–Kier alpha value is 0.571. The van der Waals surface area contributed by atoms with Crippen LogP contribution in [0.2, 0.25) is 45.3 Å². The summed E-state index contributed by atoms with van der Waals surface area (Å²) in [5, 5.41) is 0. The van der Waals surface area contributed by atoms with Gasteiger partial charge in [0, 0.05) is 0 Å². The van der Waals surface area contributed by atoms with Gasteiger partial charge in [-0.2, -0.15) is 0 Å². The Labute approximate surface area is 99.5 Å². The molecule has 0 N–H and O–H groups in total. The highest BCUT2D eigenvalue weighted by Crippen LogP contribution is 2.16. The Morgan fingerprint density at radius 1 is 0.867 bits per heavy atom. The van der Waals surface area contributed by atoms with Crippen molar-refractivity contribution in [2.45, 2.75) is 65.1 Å². The average molecular weight is 265 g/mol. The SMILES string of the molecule is CCCC[SiH](O[Si](C)(C)C)O[Si](C)(C)C. The first-order valence-corrected chi connectivity index (χ1v) is 14.6. The molecule has 5 heteroatoms. The molecule has 0 aromatic heterocycles. The van der Waals surface area contributed by atoms with Gasteiger partial charge in [0.2, 0.25) is 0 Å². The third-order valence-corrected chi connectivity index (χ3v) is 10.4. The highest BCUT2D eigenvalue weighted by Gasteiger charge is 2.27. The maximum absolute atomic E-state index is 6.21. The Balaban J connectivity index is 4.19. The molecule has 0 atom stereocenters. The molecule has 0 aromatic rings. The summed E-state index contributed by atoms with van der Waals surface area (Å²) in [5.74, 6) is 0. The number of rotatable bonds is 7. The van der Waals surface area contributed by atoms with Gasteiger partial charge in [0.25, 0.3) is 0 Å². The van der Waals surface area contributed by atoms with E-state index in [1.807, 2.05) is 0 Å². The van der Waals surface area contributed by atoms with Crippen LogP contribution >= 0.6 is 0 Å². The van der Waals surface area contributed by atoms with Gasteiger partial charge in [-0.05, 0) is 45.3 Å². The van der Waals surface area contributed by atoms with E-state index in [4.69, 9.17) is 8.23 Å². The van der Waals surface area contributed by atoms with Crippen LogP contribution in [0, 0.1) is 0 Å². The van der Waals surface area contributed by atoms with Crippen molar-refractivity contribution in [1.29, 1.82) is 0 Å². The van der Waals surface area contributed by atoms with Crippen molar-refractivity contribution in [3.8, 4) is 0 Å². The van der Waals surface area contributed by atoms with Gasteiger partial charge in [0.05, 0.1) is 0 Å². The molecular formula is C10H28O2Si3. The van der Waals surface area contributed by atoms with Crippen molar-refractivity contribution in [2.75, 3.05) is 0 Å². The average Bonchev–Trinajstić information content (AvgIpc) is 1.94. The van der Waals surface area contributed by atoms with Crippen LogP contribution in [0.3, 0.4) is 0 Å². The maximum atomic E-state index is 6.21. The largest absolute Gasteiger partial charge is 0.439 e. The van der Waals surface area contributed by atoms with E-state index in [9.17, 15) is 0 Å². The Kier molecular flexibility index (Phi) is 6.58. The molecular weight excluding hydrogens is 236 g/mol. The van der Waals surface area contributed by atoms with E-state index < -0.39 is 25.9 Å². The topological polar surface area (TPSA) is 18.5 Å². The van der Waals surface area contributed by atoms with Gasteiger partial charge in [-0.15, -0.1) is 0 Å². The van der Waals surface area contributed by atoms with Crippen molar-refractivity contribution < 1.29 is 8.23 Å². The Bertz CT molecular complexity index is 156. The van der Waals surface area contributed by atoms with E-state index in [-0.39, 0.29) is 0 Å². The second kappa shape index (κ2) is 6.34. The van der Waals surface area contributed by atoms with Crippen LogP contribution in [0.5, 0.6) is 0 Å². The highest BCUT2D eigenvalue weighted by atomic mass is 28.4. The highest BCUT2D eigenvalue weighted by molar-refractivity contribution is 6.81. The molecule has 0 aliphatic carbocycles. The molecule has 0 aliphatic heterocycles. The Morgan fingerprint density at radius 2 is 1.27 bits per heavy atom. The normalized spacial score (nSPS) is 13.6. The summed E-state index contributed by atoms with van der Waals surface area (Å²) >= 11 is 0. The molecule has 0 bridgehead atoms. The first-order chi connectivity index (χ1) is 6.64. The lowest BCUT2D eigenvalue weighted by Gasteiger charge is -2.30. The predicted octanol–water partition coefficient (Wildman–Crippen LogP) is 3.71. The van der Waals surface area contributed by atoms with Gasteiger partial charge in [0.15, 0.2) is 16.6 Å². The van der Waals surface area contributed by atoms with Crippen molar-refractivity contribution >= 4 is 25.9 Å². The van der Waals surface area contributed by atoms with E-state index in [0.717, 1.165) is 0 Å². The molecule has 0 spiro atoms. The molecule has 2 nitrogen and oxygen atoms in total. The van der Waals surface area contributed by atoms with Crippen LogP contribution in [0.15, 0.2) is 0 Å². The third kappa shape index (κ3) is 10.8. The van der Waals surface area contributed by atoms with Crippen LogP contribution in [-0.2, 0) is 8.23 Å². The van der Waals surface area contributed by atoms with Crippen LogP contribution < -0.4 is 0 Å². The van der Waals surface area contributed by atoms with Gasteiger partial charge >= 0.3 is 9.28 Å². The van der Waals surface area contributed by atoms with Crippen LogP contribution in [0.1, 0.15) is 19.8 Å². The second-order valence-electron chi connectivity index (χ2n) is 6.03. The van der Waals surface area contributed by atoms with Gasteiger partial charge in [-0.3, -0.25) is 0 Å². The van der Waals surface area contributed by atoms with Gasteiger partial charge in [0.1, 0.15) is 0 Å². The van der Waals surface area contributed by atoms with Crippen LogP contribution in [-0.4, -0.2) is 25.9 Å². The van der Waals surface area contributed by atoms with Crippen LogP contribution in [0.25, 0.3) is 0 Å². The van der Waals surface area contributed by atoms with E-state index in [1.165, 1.54) is 18.9 Å². The van der Waals surface area contributed by atoms with Gasteiger partial charge in [-0.25, -0.2) is 0 Å². The lowest BCUT2D eigenvalue weighted by atomic mass is 10.4. The standard InChI is InChI=1S/C10H28O2Si3/c1-8-9-10-13(11-14(2,3)4)12-15(5,6)7/h13H,8-10H2,1-7H3. The minimum Gasteiger partial charge on any atom is -0.439 e. The maximum Gasteiger partial charge on any atom is 0.300 e. The molecule has 0 saturated heterocycles. The molecule has 0 radical (unpaired) electrons. The summed E-state index contributed by atoms with van der Waals surface area (Å²) in [6.45, 7) is 15.8. The minimum absolute atomic E-state index is 1.19. The van der Waals surface area contributed by atoms with Crippen molar-refractivity contribution in [3.63, 3.8) is 0 Å². The zero-order valence-corrected chi connectivity index (χ0v) is 14.7. The van der Waals surface area contributed by atoms with Gasteiger partial charge < -0.3 is 8.23 Å². The summed E-state index contributed by atoms with van der Waals surface area (Å²) in [7, 11) is -4.20. The second-order valence-corrected chi connectivity index (χ2v) is 17.8.